The molecule has 2 N–H and O–H groups in total. The van der Waals surface area contributed by atoms with Crippen molar-refractivity contribution in [2.75, 3.05) is 0 Å². The third-order valence-corrected chi connectivity index (χ3v) is 3.88. The first-order valence-corrected chi connectivity index (χ1v) is 7.65. The van der Waals surface area contributed by atoms with Crippen molar-refractivity contribution in [1.82, 2.24) is 0 Å². The van der Waals surface area contributed by atoms with Gasteiger partial charge in [-0.25, -0.2) is 0 Å². The number of benzene rings is 3. The monoisotopic (exact) mass is 338 g/mol. The van der Waals surface area contributed by atoms with Crippen molar-refractivity contribution in [3.63, 3.8) is 0 Å². The van der Waals surface area contributed by atoms with E-state index in [1.54, 1.807) is 12.1 Å². The van der Waals surface area contributed by atoms with Crippen molar-refractivity contribution >= 4 is 33.7 Å². The molecule has 0 spiro atoms. The van der Waals surface area contributed by atoms with E-state index < -0.39 is 4.92 Å². The van der Waals surface area contributed by atoms with E-state index in [1.807, 2.05) is 36.4 Å². The summed E-state index contributed by atoms with van der Waals surface area (Å²) >= 11 is 5.18. The lowest BCUT2D eigenvalue weighted by atomic mass is 10.0. The van der Waals surface area contributed by atoms with Crippen molar-refractivity contribution in [2.45, 2.75) is 6.61 Å². The topological polar surface area (TPSA) is 78.4 Å². The molecule has 0 aliphatic rings. The van der Waals surface area contributed by atoms with E-state index in [4.69, 9.17) is 22.7 Å². The molecule has 24 heavy (non-hydrogen) atoms. The van der Waals surface area contributed by atoms with E-state index >= 15 is 0 Å². The summed E-state index contributed by atoms with van der Waals surface area (Å²) in [6.07, 6.45) is 0. The molecule has 0 aromatic heterocycles. The second kappa shape index (κ2) is 6.64. The van der Waals surface area contributed by atoms with Gasteiger partial charge in [0.1, 0.15) is 17.3 Å². The molecule has 5 nitrogen and oxygen atoms in total. The average Bonchev–Trinajstić information content (AvgIpc) is 2.59. The van der Waals surface area contributed by atoms with Gasteiger partial charge in [-0.3, -0.25) is 10.1 Å². The van der Waals surface area contributed by atoms with Crippen molar-refractivity contribution < 1.29 is 9.66 Å². The van der Waals surface area contributed by atoms with Crippen LogP contribution in [-0.2, 0) is 6.61 Å². The number of nitro benzene ring substituents is 1. The van der Waals surface area contributed by atoms with Gasteiger partial charge in [0.25, 0.3) is 5.69 Å². The van der Waals surface area contributed by atoms with Crippen molar-refractivity contribution in [1.29, 1.82) is 0 Å². The number of non-ortho nitro benzene ring substituents is 1. The van der Waals surface area contributed by atoms with Gasteiger partial charge < -0.3 is 10.5 Å². The zero-order chi connectivity index (χ0) is 17.1. The Morgan fingerprint density at radius 3 is 2.46 bits per heavy atom. The molecule has 0 aliphatic heterocycles. The van der Waals surface area contributed by atoms with E-state index in [2.05, 4.69) is 0 Å². The van der Waals surface area contributed by atoms with Gasteiger partial charge in [-0.05, 0) is 34.5 Å². The number of ether oxygens (including phenoxy) is 1. The average molecular weight is 338 g/mol. The highest BCUT2D eigenvalue weighted by atomic mass is 32.1. The molecule has 0 atom stereocenters. The molecular weight excluding hydrogens is 324 g/mol. The van der Waals surface area contributed by atoms with Gasteiger partial charge in [0, 0.05) is 12.1 Å². The van der Waals surface area contributed by atoms with Gasteiger partial charge in [0.15, 0.2) is 0 Å². The Kier molecular flexibility index (Phi) is 4.39. The molecule has 3 rings (SSSR count). The molecular formula is C18H14N2O3S. The molecule has 3 aromatic rings. The Morgan fingerprint density at radius 1 is 1.08 bits per heavy atom. The summed E-state index contributed by atoms with van der Waals surface area (Å²) in [5.41, 5.74) is 7.45. The number of hydrogen-bond acceptors (Lipinski definition) is 4. The molecule has 0 amide bonds. The van der Waals surface area contributed by atoms with Crippen LogP contribution in [0.25, 0.3) is 10.8 Å². The Bertz CT molecular complexity index is 923. The highest BCUT2D eigenvalue weighted by Crippen LogP contribution is 2.28. The van der Waals surface area contributed by atoms with E-state index in [-0.39, 0.29) is 17.3 Å². The van der Waals surface area contributed by atoms with Gasteiger partial charge >= 0.3 is 0 Å². The third-order valence-electron chi connectivity index (χ3n) is 3.68. The maximum Gasteiger partial charge on any atom is 0.269 e. The maximum atomic E-state index is 10.7. The molecule has 0 radical (unpaired) electrons. The minimum atomic E-state index is -0.432. The number of nitrogens with two attached hydrogens (primary N) is 1. The lowest BCUT2D eigenvalue weighted by Gasteiger charge is -2.13. The zero-order valence-electron chi connectivity index (χ0n) is 12.6. The van der Waals surface area contributed by atoms with Gasteiger partial charge in [0.05, 0.1) is 10.5 Å². The summed E-state index contributed by atoms with van der Waals surface area (Å²) in [5.74, 6) is 0.597. The second-order valence-corrected chi connectivity index (χ2v) is 5.68. The van der Waals surface area contributed by atoms with Gasteiger partial charge in [0.2, 0.25) is 0 Å². The lowest BCUT2D eigenvalue weighted by molar-refractivity contribution is -0.384. The molecule has 0 bridgehead atoms. The molecule has 0 aliphatic carbocycles. The first-order valence-electron chi connectivity index (χ1n) is 7.24. The van der Waals surface area contributed by atoms with Crippen LogP contribution in [0, 0.1) is 10.1 Å². The number of fused-ring (bicyclic) bond motifs is 1. The first-order chi connectivity index (χ1) is 11.6. The fraction of sp³-hybridized carbons (Fsp3) is 0.0556. The van der Waals surface area contributed by atoms with Gasteiger partial charge in [-0.15, -0.1) is 0 Å². The molecule has 3 aromatic carbocycles. The summed E-state index contributed by atoms with van der Waals surface area (Å²) in [7, 11) is 0. The molecule has 0 saturated heterocycles. The standard InChI is InChI=1S/C18H14N2O3S/c19-18(24)17-15-4-2-1-3-13(15)7-10-16(17)23-11-12-5-8-14(9-6-12)20(21)22/h1-10H,11H2,(H2,19,24). The fourth-order valence-corrected chi connectivity index (χ4v) is 2.71. The SMILES string of the molecule is NC(=S)c1c(OCc2ccc([N+](=O)[O-])cc2)ccc2ccccc12. The lowest BCUT2D eigenvalue weighted by Crippen LogP contribution is -2.12. The largest absolute Gasteiger partial charge is 0.488 e. The van der Waals surface area contributed by atoms with Crippen molar-refractivity contribution in [3.05, 3.63) is 81.9 Å². The van der Waals surface area contributed by atoms with Crippen LogP contribution in [0.4, 0.5) is 5.69 Å². The molecule has 120 valence electrons. The fourth-order valence-electron chi connectivity index (χ4n) is 2.50. The van der Waals surface area contributed by atoms with Crippen LogP contribution in [0.2, 0.25) is 0 Å². The molecule has 6 heteroatoms. The van der Waals surface area contributed by atoms with Crippen molar-refractivity contribution in [3.8, 4) is 5.75 Å². The van der Waals surface area contributed by atoms with Crippen LogP contribution in [0.1, 0.15) is 11.1 Å². The minimum absolute atomic E-state index is 0.0493. The predicted octanol–water partition coefficient (Wildman–Crippen LogP) is 3.96. The Balaban J connectivity index is 1.88. The smallest absolute Gasteiger partial charge is 0.269 e. The highest BCUT2D eigenvalue weighted by molar-refractivity contribution is 7.80. The summed E-state index contributed by atoms with van der Waals surface area (Å²) in [6, 6.07) is 17.8. The van der Waals surface area contributed by atoms with E-state index in [0.717, 1.165) is 16.3 Å². The van der Waals surface area contributed by atoms with E-state index in [1.165, 1.54) is 12.1 Å². The Hall–Kier alpha value is -2.99. The summed E-state index contributed by atoms with van der Waals surface area (Å²) in [5, 5.41) is 12.6. The summed E-state index contributed by atoms with van der Waals surface area (Å²) in [4.78, 5) is 10.5. The number of nitrogens with zero attached hydrogens (tertiary/aromatic N) is 1. The summed E-state index contributed by atoms with van der Waals surface area (Å²) in [6.45, 7) is 0.270. The predicted molar refractivity (Wildman–Crippen MR) is 97.3 cm³/mol. The summed E-state index contributed by atoms with van der Waals surface area (Å²) < 4.78 is 5.86. The second-order valence-electron chi connectivity index (χ2n) is 5.24. The van der Waals surface area contributed by atoms with Crippen molar-refractivity contribution in [2.24, 2.45) is 5.73 Å². The number of nitro groups is 1. The van der Waals surface area contributed by atoms with Crippen LogP contribution in [0.15, 0.2) is 60.7 Å². The maximum absolute atomic E-state index is 10.7. The van der Waals surface area contributed by atoms with Gasteiger partial charge in [-0.2, -0.15) is 0 Å². The first kappa shape index (κ1) is 15.9. The Labute approximate surface area is 143 Å². The van der Waals surface area contributed by atoms with Crippen LogP contribution < -0.4 is 10.5 Å². The quantitative estimate of drug-likeness (QED) is 0.433. The van der Waals surface area contributed by atoms with E-state index in [9.17, 15) is 10.1 Å². The van der Waals surface area contributed by atoms with Crippen LogP contribution in [0.3, 0.4) is 0 Å². The zero-order valence-corrected chi connectivity index (χ0v) is 13.5. The molecule has 0 heterocycles. The minimum Gasteiger partial charge on any atom is -0.488 e. The van der Waals surface area contributed by atoms with Crippen LogP contribution in [-0.4, -0.2) is 9.91 Å². The van der Waals surface area contributed by atoms with Gasteiger partial charge in [-0.1, -0.05) is 42.5 Å². The third kappa shape index (κ3) is 3.18. The van der Waals surface area contributed by atoms with Crippen LogP contribution >= 0.6 is 12.2 Å². The Morgan fingerprint density at radius 2 is 1.79 bits per heavy atom. The number of hydrogen-bond donors (Lipinski definition) is 1. The normalized spacial score (nSPS) is 10.5. The number of rotatable bonds is 5. The van der Waals surface area contributed by atoms with Crippen LogP contribution in [0.5, 0.6) is 5.75 Å². The van der Waals surface area contributed by atoms with E-state index in [0.29, 0.717) is 11.3 Å². The molecule has 0 fully saturated rings. The molecule has 0 unspecified atom stereocenters. The number of thiocarbonyl (C=S) groups is 1. The highest BCUT2D eigenvalue weighted by Gasteiger charge is 2.12. The molecule has 0 saturated carbocycles.